The molecule has 22 heavy (non-hydrogen) atoms. The molecule has 0 atom stereocenters. The highest BCUT2D eigenvalue weighted by Gasteiger charge is 2.19. The molecule has 0 unspecified atom stereocenters. The zero-order chi connectivity index (χ0) is 15.7. The molecule has 0 N–H and O–H groups in total. The van der Waals surface area contributed by atoms with Crippen molar-refractivity contribution < 1.29 is 4.79 Å². The number of hydrogen-bond acceptors (Lipinski definition) is 4. The molecule has 0 aliphatic heterocycles. The van der Waals surface area contributed by atoms with Gasteiger partial charge in [0.2, 0.25) is 0 Å². The van der Waals surface area contributed by atoms with Gasteiger partial charge in [0.15, 0.2) is 5.65 Å². The topological polar surface area (TPSA) is 68.3 Å². The Morgan fingerprint density at radius 1 is 1.45 bits per heavy atom. The Kier molecular flexibility index (Phi) is 3.81. The monoisotopic (exact) mass is 318 g/mol. The number of fused-ring (bicyclic) bond motifs is 1. The zero-order valence-electron chi connectivity index (χ0n) is 12.3. The van der Waals surface area contributed by atoms with E-state index in [1.807, 2.05) is 6.92 Å². The third kappa shape index (κ3) is 2.55. The molecule has 3 rings (SSSR count). The van der Waals surface area contributed by atoms with Gasteiger partial charge in [-0.2, -0.15) is 10.2 Å². The van der Waals surface area contributed by atoms with E-state index in [0.29, 0.717) is 28.5 Å². The number of halogens is 1. The molecule has 3 aromatic heterocycles. The van der Waals surface area contributed by atoms with Crippen LogP contribution in [0.2, 0.25) is 5.02 Å². The van der Waals surface area contributed by atoms with Crippen molar-refractivity contribution in [3.05, 3.63) is 47.1 Å². The van der Waals surface area contributed by atoms with Crippen molar-refractivity contribution in [3.8, 4) is 0 Å². The lowest BCUT2D eigenvalue weighted by Crippen LogP contribution is -2.26. The average molecular weight is 319 g/mol. The lowest BCUT2D eigenvalue weighted by Gasteiger charge is -2.15. The van der Waals surface area contributed by atoms with Gasteiger partial charge in [-0.3, -0.25) is 9.48 Å². The fourth-order valence-corrected chi connectivity index (χ4v) is 2.40. The Balaban J connectivity index is 1.83. The molecule has 0 saturated carbocycles. The van der Waals surface area contributed by atoms with Crippen molar-refractivity contribution in [1.82, 2.24) is 29.3 Å². The van der Waals surface area contributed by atoms with Crippen LogP contribution in [-0.4, -0.2) is 42.2 Å². The van der Waals surface area contributed by atoms with E-state index in [4.69, 9.17) is 11.6 Å². The minimum Gasteiger partial charge on any atom is -0.336 e. The molecule has 0 spiro atoms. The second-order valence-corrected chi connectivity index (χ2v) is 5.29. The summed E-state index contributed by atoms with van der Waals surface area (Å²) in [6.45, 7) is 3.04. The van der Waals surface area contributed by atoms with Gasteiger partial charge >= 0.3 is 0 Å². The van der Waals surface area contributed by atoms with Crippen molar-refractivity contribution in [3.63, 3.8) is 0 Å². The maximum atomic E-state index is 12.6. The van der Waals surface area contributed by atoms with Gasteiger partial charge in [-0.15, -0.1) is 0 Å². The van der Waals surface area contributed by atoms with E-state index in [1.165, 1.54) is 6.20 Å². The largest absolute Gasteiger partial charge is 0.336 e. The van der Waals surface area contributed by atoms with Gasteiger partial charge in [0.25, 0.3) is 5.91 Å². The number of aryl methyl sites for hydroxylation is 1. The number of carbonyl (C=O) groups is 1. The summed E-state index contributed by atoms with van der Waals surface area (Å²) in [4.78, 5) is 18.3. The van der Waals surface area contributed by atoms with Crippen LogP contribution in [0.3, 0.4) is 0 Å². The summed E-state index contributed by atoms with van der Waals surface area (Å²) in [5.74, 6) is -0.171. The van der Waals surface area contributed by atoms with Gasteiger partial charge in [-0.05, 0) is 13.0 Å². The molecule has 0 saturated heterocycles. The summed E-state index contributed by atoms with van der Waals surface area (Å²) in [6, 6.07) is 1.76. The molecule has 0 bridgehead atoms. The highest BCUT2D eigenvalue weighted by atomic mass is 35.5. The second-order valence-electron chi connectivity index (χ2n) is 4.89. The van der Waals surface area contributed by atoms with Gasteiger partial charge < -0.3 is 4.90 Å². The third-order valence-corrected chi connectivity index (χ3v) is 3.67. The van der Waals surface area contributed by atoms with Crippen LogP contribution in [0.25, 0.3) is 5.65 Å². The third-order valence-electron chi connectivity index (χ3n) is 3.35. The maximum absolute atomic E-state index is 12.6. The molecule has 0 aliphatic rings. The summed E-state index contributed by atoms with van der Waals surface area (Å²) >= 11 is 6.14. The summed E-state index contributed by atoms with van der Waals surface area (Å²) in [5, 5.41) is 9.03. The Morgan fingerprint density at radius 2 is 2.27 bits per heavy atom. The van der Waals surface area contributed by atoms with E-state index in [9.17, 15) is 4.79 Å². The van der Waals surface area contributed by atoms with E-state index in [0.717, 1.165) is 6.54 Å². The molecule has 1 amide bonds. The van der Waals surface area contributed by atoms with Crippen molar-refractivity contribution in [1.29, 1.82) is 0 Å². The first kappa shape index (κ1) is 14.5. The van der Waals surface area contributed by atoms with Crippen LogP contribution < -0.4 is 0 Å². The van der Waals surface area contributed by atoms with Crippen LogP contribution in [0.5, 0.6) is 0 Å². The Hall–Kier alpha value is -2.41. The van der Waals surface area contributed by atoms with Gasteiger partial charge in [-0.1, -0.05) is 11.6 Å². The SMILES string of the molecule is CCn1cc(Cl)c(CN(C)C(=O)c2cnn3cccnc23)n1. The summed E-state index contributed by atoms with van der Waals surface area (Å²) in [7, 11) is 1.70. The Labute approximate surface area is 132 Å². The molecule has 114 valence electrons. The van der Waals surface area contributed by atoms with Gasteiger partial charge in [-0.25, -0.2) is 9.50 Å². The van der Waals surface area contributed by atoms with Gasteiger partial charge in [0.1, 0.15) is 11.3 Å². The maximum Gasteiger partial charge on any atom is 0.259 e. The molecular formula is C14H15ClN6O. The second kappa shape index (κ2) is 5.76. The highest BCUT2D eigenvalue weighted by molar-refractivity contribution is 6.31. The molecule has 7 nitrogen and oxygen atoms in total. The number of hydrogen-bond donors (Lipinski definition) is 0. The lowest BCUT2D eigenvalue weighted by atomic mass is 10.3. The minimum atomic E-state index is -0.171. The van der Waals surface area contributed by atoms with Crippen molar-refractivity contribution in [2.24, 2.45) is 0 Å². The average Bonchev–Trinajstić information content (AvgIpc) is 3.10. The zero-order valence-corrected chi connectivity index (χ0v) is 13.0. The van der Waals surface area contributed by atoms with Gasteiger partial charge in [0.05, 0.1) is 17.8 Å². The smallest absolute Gasteiger partial charge is 0.259 e. The van der Waals surface area contributed by atoms with Crippen molar-refractivity contribution in [2.75, 3.05) is 7.05 Å². The first-order valence-electron chi connectivity index (χ1n) is 6.85. The molecule has 0 radical (unpaired) electrons. The van der Waals surface area contributed by atoms with Crippen LogP contribution in [0, 0.1) is 0 Å². The van der Waals surface area contributed by atoms with E-state index in [2.05, 4.69) is 15.2 Å². The summed E-state index contributed by atoms with van der Waals surface area (Å²) in [6.07, 6.45) is 6.66. The van der Waals surface area contributed by atoms with E-state index >= 15 is 0 Å². The van der Waals surface area contributed by atoms with Crippen LogP contribution >= 0.6 is 11.6 Å². The number of rotatable bonds is 4. The molecule has 3 aromatic rings. The molecular weight excluding hydrogens is 304 g/mol. The van der Waals surface area contributed by atoms with Crippen LogP contribution in [0.1, 0.15) is 23.0 Å². The molecule has 0 aliphatic carbocycles. The van der Waals surface area contributed by atoms with Crippen LogP contribution in [-0.2, 0) is 13.1 Å². The predicted octanol–water partition coefficient (Wildman–Crippen LogP) is 1.87. The van der Waals surface area contributed by atoms with E-state index < -0.39 is 0 Å². The number of aromatic nitrogens is 5. The first-order chi connectivity index (χ1) is 10.6. The standard InChI is InChI=1S/C14H15ClN6O/c1-3-20-8-11(15)12(18-20)9-19(2)14(22)10-7-17-21-6-4-5-16-13(10)21/h4-8H,3,9H2,1-2H3. The predicted molar refractivity (Wildman–Crippen MR) is 81.7 cm³/mol. The first-order valence-corrected chi connectivity index (χ1v) is 7.23. The molecule has 0 aromatic carbocycles. The van der Waals surface area contributed by atoms with E-state index in [1.54, 1.807) is 45.8 Å². The van der Waals surface area contributed by atoms with Crippen LogP contribution in [0.4, 0.5) is 0 Å². The number of amides is 1. The molecule has 3 heterocycles. The minimum absolute atomic E-state index is 0.171. The normalized spacial score (nSPS) is 11.0. The molecule has 0 fully saturated rings. The quantitative estimate of drug-likeness (QED) is 0.736. The lowest BCUT2D eigenvalue weighted by molar-refractivity contribution is 0.0785. The summed E-state index contributed by atoms with van der Waals surface area (Å²) in [5.41, 5.74) is 1.66. The van der Waals surface area contributed by atoms with Crippen molar-refractivity contribution in [2.45, 2.75) is 20.0 Å². The number of nitrogens with zero attached hydrogens (tertiary/aromatic N) is 6. The highest BCUT2D eigenvalue weighted by Crippen LogP contribution is 2.17. The fourth-order valence-electron chi connectivity index (χ4n) is 2.19. The summed E-state index contributed by atoms with van der Waals surface area (Å²) < 4.78 is 3.31. The van der Waals surface area contributed by atoms with E-state index in [-0.39, 0.29) is 5.91 Å². The molecule has 8 heteroatoms. The Morgan fingerprint density at radius 3 is 3.00 bits per heavy atom. The van der Waals surface area contributed by atoms with Crippen LogP contribution in [0.15, 0.2) is 30.9 Å². The van der Waals surface area contributed by atoms with Gasteiger partial charge in [0, 0.05) is 32.2 Å². The van der Waals surface area contributed by atoms with Crippen molar-refractivity contribution >= 4 is 23.2 Å². The fraction of sp³-hybridized carbons (Fsp3) is 0.286. The number of carbonyl (C=O) groups excluding carboxylic acids is 1. The Bertz CT molecular complexity index is 824.